The zero-order valence-electron chi connectivity index (χ0n) is 12.5. The van der Waals surface area contributed by atoms with Crippen LogP contribution in [0.5, 0.6) is 0 Å². The highest BCUT2D eigenvalue weighted by Crippen LogP contribution is 2.25. The van der Waals surface area contributed by atoms with E-state index < -0.39 is 0 Å². The van der Waals surface area contributed by atoms with E-state index in [4.69, 9.17) is 11.6 Å². The highest BCUT2D eigenvalue weighted by atomic mass is 35.5. The molecule has 3 rings (SSSR count). The minimum absolute atomic E-state index is 0.551. The summed E-state index contributed by atoms with van der Waals surface area (Å²) in [7, 11) is 0. The number of nitrogens with zero attached hydrogens (tertiary/aromatic N) is 2. The fourth-order valence-corrected chi connectivity index (χ4v) is 2.41. The Balaban J connectivity index is 2.01. The van der Waals surface area contributed by atoms with Crippen molar-refractivity contribution in [3.8, 4) is 0 Å². The second kappa shape index (κ2) is 6.20. The molecule has 22 heavy (non-hydrogen) atoms. The van der Waals surface area contributed by atoms with Crippen LogP contribution in [-0.4, -0.2) is 16.5 Å². The Morgan fingerprint density at radius 1 is 1.09 bits per heavy atom. The predicted molar refractivity (Wildman–Crippen MR) is 93.2 cm³/mol. The van der Waals surface area contributed by atoms with E-state index in [1.165, 1.54) is 0 Å². The number of rotatable bonds is 4. The van der Waals surface area contributed by atoms with Crippen molar-refractivity contribution in [3.05, 3.63) is 53.1 Å². The largest absolute Gasteiger partial charge is 0.370 e. The van der Waals surface area contributed by atoms with Gasteiger partial charge in [-0.25, -0.2) is 4.98 Å². The second-order valence-corrected chi connectivity index (χ2v) is 5.44. The highest BCUT2D eigenvalue weighted by Gasteiger charge is 2.07. The molecule has 1 aromatic heterocycles. The molecule has 0 unspecified atom stereocenters. The minimum atomic E-state index is 0.551. The maximum Gasteiger partial charge on any atom is 0.229 e. The standard InChI is InChI=1S/C17H17ClN4/c1-3-19-16-13-6-4-5-7-15(13)21-17(22-16)20-12-9-8-11(2)14(18)10-12/h4-10H,3H2,1-2H3,(H2,19,20,21,22). The quantitative estimate of drug-likeness (QED) is 0.728. The van der Waals surface area contributed by atoms with E-state index in [1.54, 1.807) is 0 Å². The van der Waals surface area contributed by atoms with Crippen molar-refractivity contribution in [1.82, 2.24) is 9.97 Å². The molecule has 4 nitrogen and oxygen atoms in total. The van der Waals surface area contributed by atoms with Gasteiger partial charge in [0.25, 0.3) is 0 Å². The average molecular weight is 313 g/mol. The molecule has 0 aliphatic rings. The lowest BCUT2D eigenvalue weighted by molar-refractivity contribution is 1.14. The van der Waals surface area contributed by atoms with Crippen LogP contribution >= 0.6 is 11.6 Å². The Morgan fingerprint density at radius 2 is 1.91 bits per heavy atom. The lowest BCUT2D eigenvalue weighted by Crippen LogP contribution is -2.04. The number of hydrogen-bond donors (Lipinski definition) is 2. The predicted octanol–water partition coefficient (Wildman–Crippen LogP) is 4.77. The van der Waals surface area contributed by atoms with Crippen molar-refractivity contribution in [2.24, 2.45) is 0 Å². The Morgan fingerprint density at radius 3 is 2.68 bits per heavy atom. The summed E-state index contributed by atoms with van der Waals surface area (Å²) in [6.07, 6.45) is 0. The van der Waals surface area contributed by atoms with Crippen molar-refractivity contribution in [1.29, 1.82) is 0 Å². The van der Waals surface area contributed by atoms with Gasteiger partial charge in [-0.15, -0.1) is 0 Å². The third-order valence-corrected chi connectivity index (χ3v) is 3.78. The number of fused-ring (bicyclic) bond motifs is 1. The van der Waals surface area contributed by atoms with Gasteiger partial charge < -0.3 is 10.6 Å². The van der Waals surface area contributed by atoms with Gasteiger partial charge in [-0.3, -0.25) is 0 Å². The number of hydrogen-bond acceptors (Lipinski definition) is 4. The molecule has 0 aliphatic heterocycles. The van der Waals surface area contributed by atoms with Gasteiger partial charge in [-0.1, -0.05) is 29.8 Å². The summed E-state index contributed by atoms with van der Waals surface area (Å²) in [6, 6.07) is 13.8. The highest BCUT2D eigenvalue weighted by molar-refractivity contribution is 6.31. The van der Waals surface area contributed by atoms with Gasteiger partial charge >= 0.3 is 0 Å². The first-order valence-corrected chi connectivity index (χ1v) is 7.59. The van der Waals surface area contributed by atoms with Crippen LogP contribution in [-0.2, 0) is 0 Å². The molecular formula is C17H17ClN4. The monoisotopic (exact) mass is 312 g/mol. The molecule has 0 saturated carbocycles. The van der Waals surface area contributed by atoms with E-state index in [0.717, 1.165) is 39.5 Å². The molecule has 0 bridgehead atoms. The normalized spacial score (nSPS) is 10.7. The summed E-state index contributed by atoms with van der Waals surface area (Å²) < 4.78 is 0. The number of aryl methyl sites for hydroxylation is 1. The van der Waals surface area contributed by atoms with Gasteiger partial charge in [-0.05, 0) is 43.7 Å². The summed E-state index contributed by atoms with van der Waals surface area (Å²) in [5.41, 5.74) is 2.81. The molecule has 0 fully saturated rings. The summed E-state index contributed by atoms with van der Waals surface area (Å²) in [5.74, 6) is 1.38. The molecule has 2 aromatic carbocycles. The first-order chi connectivity index (χ1) is 10.7. The van der Waals surface area contributed by atoms with Gasteiger partial charge in [0.1, 0.15) is 5.82 Å². The van der Waals surface area contributed by atoms with Crippen LogP contribution < -0.4 is 10.6 Å². The zero-order chi connectivity index (χ0) is 15.5. The number of anilines is 3. The number of aromatic nitrogens is 2. The third-order valence-electron chi connectivity index (χ3n) is 3.38. The van der Waals surface area contributed by atoms with Crippen molar-refractivity contribution < 1.29 is 0 Å². The van der Waals surface area contributed by atoms with Gasteiger partial charge in [0, 0.05) is 22.6 Å². The first kappa shape index (κ1) is 14.6. The molecule has 0 amide bonds. The lowest BCUT2D eigenvalue weighted by atomic mass is 10.2. The van der Waals surface area contributed by atoms with Crippen LogP contribution in [0.2, 0.25) is 5.02 Å². The summed E-state index contributed by atoms with van der Waals surface area (Å²) in [4.78, 5) is 9.12. The topological polar surface area (TPSA) is 49.8 Å². The fraction of sp³-hybridized carbons (Fsp3) is 0.176. The van der Waals surface area contributed by atoms with Gasteiger partial charge in [-0.2, -0.15) is 4.98 Å². The smallest absolute Gasteiger partial charge is 0.229 e. The lowest BCUT2D eigenvalue weighted by Gasteiger charge is -2.11. The first-order valence-electron chi connectivity index (χ1n) is 7.21. The number of nitrogens with one attached hydrogen (secondary N) is 2. The molecule has 0 atom stereocenters. The molecule has 112 valence electrons. The zero-order valence-corrected chi connectivity index (χ0v) is 13.3. The van der Waals surface area contributed by atoms with E-state index >= 15 is 0 Å². The van der Waals surface area contributed by atoms with Crippen molar-refractivity contribution in [2.45, 2.75) is 13.8 Å². The molecule has 0 saturated heterocycles. The Hall–Kier alpha value is -2.33. The molecule has 1 heterocycles. The van der Waals surface area contributed by atoms with E-state index in [-0.39, 0.29) is 0 Å². The van der Waals surface area contributed by atoms with Crippen LogP contribution in [0.1, 0.15) is 12.5 Å². The Bertz CT molecular complexity index is 817. The molecule has 5 heteroatoms. The summed E-state index contributed by atoms with van der Waals surface area (Å²) in [6.45, 7) is 4.82. The van der Waals surface area contributed by atoms with E-state index in [0.29, 0.717) is 5.95 Å². The van der Waals surface area contributed by atoms with E-state index in [2.05, 4.69) is 20.6 Å². The fourth-order valence-electron chi connectivity index (χ4n) is 2.23. The Labute approximate surface area is 134 Å². The molecule has 3 aromatic rings. The van der Waals surface area contributed by atoms with Gasteiger partial charge in [0.2, 0.25) is 5.95 Å². The molecule has 0 spiro atoms. The van der Waals surface area contributed by atoms with Crippen molar-refractivity contribution in [2.75, 3.05) is 17.2 Å². The summed E-state index contributed by atoms with van der Waals surface area (Å²) >= 11 is 6.16. The summed E-state index contributed by atoms with van der Waals surface area (Å²) in [5, 5.41) is 8.23. The van der Waals surface area contributed by atoms with Crippen molar-refractivity contribution >= 4 is 40.0 Å². The minimum Gasteiger partial charge on any atom is -0.370 e. The molecule has 0 radical (unpaired) electrons. The third kappa shape index (κ3) is 2.97. The molecule has 0 aliphatic carbocycles. The van der Waals surface area contributed by atoms with E-state index in [9.17, 15) is 0 Å². The average Bonchev–Trinajstić information content (AvgIpc) is 2.51. The van der Waals surface area contributed by atoms with Crippen LogP contribution in [0.4, 0.5) is 17.5 Å². The van der Waals surface area contributed by atoms with Crippen LogP contribution in [0.25, 0.3) is 10.9 Å². The maximum atomic E-state index is 6.16. The van der Waals surface area contributed by atoms with Crippen LogP contribution in [0, 0.1) is 6.92 Å². The Kier molecular flexibility index (Phi) is 4.11. The van der Waals surface area contributed by atoms with Gasteiger partial charge in [0.15, 0.2) is 0 Å². The van der Waals surface area contributed by atoms with Gasteiger partial charge in [0.05, 0.1) is 5.52 Å². The number of halogens is 1. The SMILES string of the molecule is CCNc1nc(Nc2ccc(C)c(Cl)c2)nc2ccccc12. The molecular weight excluding hydrogens is 296 g/mol. The van der Waals surface area contributed by atoms with Crippen LogP contribution in [0.15, 0.2) is 42.5 Å². The van der Waals surface area contributed by atoms with E-state index in [1.807, 2.05) is 56.3 Å². The number of benzene rings is 2. The van der Waals surface area contributed by atoms with Crippen LogP contribution in [0.3, 0.4) is 0 Å². The second-order valence-electron chi connectivity index (χ2n) is 5.03. The molecule has 2 N–H and O–H groups in total. The van der Waals surface area contributed by atoms with Crippen molar-refractivity contribution in [3.63, 3.8) is 0 Å². The maximum absolute atomic E-state index is 6.16. The number of para-hydroxylation sites is 1.